The molecule has 0 radical (unpaired) electrons. The third-order valence-corrected chi connectivity index (χ3v) is 2.41. The molecule has 4 heteroatoms. The third-order valence-electron chi connectivity index (χ3n) is 2.41. The first-order valence-electron chi connectivity index (χ1n) is 4.28. The van der Waals surface area contributed by atoms with Crippen LogP contribution in [0, 0.1) is 0 Å². The number of pyridine rings is 1. The molecule has 1 aliphatic rings. The number of carbonyl (C=O) groups is 1. The Bertz CT molecular complexity index is 449. The zero-order valence-electron chi connectivity index (χ0n) is 7.74. The van der Waals surface area contributed by atoms with Crippen molar-refractivity contribution in [3.05, 3.63) is 29.0 Å². The summed E-state index contributed by atoms with van der Waals surface area (Å²) in [5.41, 5.74) is 8.35. The van der Waals surface area contributed by atoms with Crippen LogP contribution < -0.4 is 5.73 Å². The fourth-order valence-electron chi connectivity index (χ4n) is 1.83. The molecule has 0 spiro atoms. The van der Waals surface area contributed by atoms with Gasteiger partial charge in [-0.1, -0.05) is 5.57 Å². The number of carboxylic acid groups (broad SMARTS) is 1. The molecule has 1 aliphatic carbocycles. The predicted molar refractivity (Wildman–Crippen MR) is 52.6 cm³/mol. The zero-order valence-corrected chi connectivity index (χ0v) is 7.74. The minimum Gasteiger partial charge on any atom is -0.478 e. The van der Waals surface area contributed by atoms with Gasteiger partial charge in [-0.2, -0.15) is 0 Å². The summed E-state index contributed by atoms with van der Waals surface area (Å²) in [7, 11) is 0. The van der Waals surface area contributed by atoms with E-state index in [0.29, 0.717) is 23.4 Å². The van der Waals surface area contributed by atoms with Crippen molar-refractivity contribution in [1.29, 1.82) is 0 Å². The molecule has 1 heterocycles. The Morgan fingerprint density at radius 3 is 3.00 bits per heavy atom. The molecular formula is C10H10N2O2. The minimum atomic E-state index is -0.930. The van der Waals surface area contributed by atoms with Crippen molar-refractivity contribution in [1.82, 2.24) is 4.98 Å². The van der Waals surface area contributed by atoms with Gasteiger partial charge in [0.1, 0.15) is 5.82 Å². The highest BCUT2D eigenvalue weighted by atomic mass is 16.4. The van der Waals surface area contributed by atoms with Crippen LogP contribution in [0.25, 0.3) is 5.57 Å². The Balaban J connectivity index is 2.67. The van der Waals surface area contributed by atoms with Crippen molar-refractivity contribution >= 4 is 17.4 Å². The van der Waals surface area contributed by atoms with E-state index in [2.05, 4.69) is 4.98 Å². The Labute approximate surface area is 81.1 Å². The fraction of sp³-hybridized carbons (Fsp3) is 0.200. The summed E-state index contributed by atoms with van der Waals surface area (Å²) >= 11 is 0. The van der Waals surface area contributed by atoms with Crippen LogP contribution in [0.15, 0.2) is 17.8 Å². The van der Waals surface area contributed by atoms with E-state index in [1.807, 2.05) is 13.0 Å². The van der Waals surface area contributed by atoms with E-state index in [0.717, 1.165) is 11.1 Å². The first-order chi connectivity index (χ1) is 6.61. The molecule has 0 aromatic carbocycles. The van der Waals surface area contributed by atoms with Gasteiger partial charge >= 0.3 is 5.97 Å². The first-order valence-corrected chi connectivity index (χ1v) is 4.28. The van der Waals surface area contributed by atoms with Gasteiger partial charge in [-0.15, -0.1) is 0 Å². The van der Waals surface area contributed by atoms with Crippen molar-refractivity contribution < 1.29 is 9.90 Å². The molecule has 0 atom stereocenters. The molecule has 0 aliphatic heterocycles. The molecule has 0 bridgehead atoms. The van der Waals surface area contributed by atoms with E-state index in [4.69, 9.17) is 10.8 Å². The summed E-state index contributed by atoms with van der Waals surface area (Å²) in [4.78, 5) is 14.9. The number of aliphatic carboxylic acids is 1. The first kappa shape index (κ1) is 8.74. The lowest BCUT2D eigenvalue weighted by molar-refractivity contribution is -0.130. The number of nitrogen functional groups attached to an aromatic ring is 1. The summed E-state index contributed by atoms with van der Waals surface area (Å²) < 4.78 is 0. The molecule has 0 fully saturated rings. The summed E-state index contributed by atoms with van der Waals surface area (Å²) in [6.45, 7) is 1.81. The highest BCUT2D eigenvalue weighted by Crippen LogP contribution is 2.35. The van der Waals surface area contributed by atoms with Gasteiger partial charge in [0.15, 0.2) is 0 Å². The van der Waals surface area contributed by atoms with Crippen molar-refractivity contribution in [2.24, 2.45) is 0 Å². The van der Waals surface area contributed by atoms with Crippen molar-refractivity contribution in [3.63, 3.8) is 0 Å². The Morgan fingerprint density at radius 2 is 2.36 bits per heavy atom. The minimum absolute atomic E-state index is 0.303. The second-order valence-electron chi connectivity index (χ2n) is 3.37. The van der Waals surface area contributed by atoms with Crippen LogP contribution in [0.3, 0.4) is 0 Å². The number of rotatable bonds is 1. The van der Waals surface area contributed by atoms with Crippen molar-refractivity contribution in [2.45, 2.75) is 13.3 Å². The maximum absolute atomic E-state index is 11.0. The number of nitrogens with two attached hydrogens (primary N) is 1. The zero-order chi connectivity index (χ0) is 10.3. The number of carboxylic acids is 1. The van der Waals surface area contributed by atoms with Crippen LogP contribution in [0.1, 0.15) is 18.1 Å². The number of hydrogen-bond donors (Lipinski definition) is 2. The third kappa shape index (κ3) is 1.08. The molecule has 14 heavy (non-hydrogen) atoms. The van der Waals surface area contributed by atoms with Crippen LogP contribution in [-0.2, 0) is 11.2 Å². The van der Waals surface area contributed by atoms with Gasteiger partial charge in [0.25, 0.3) is 0 Å². The largest absolute Gasteiger partial charge is 0.478 e. The van der Waals surface area contributed by atoms with E-state index in [1.165, 1.54) is 0 Å². The van der Waals surface area contributed by atoms with Crippen LogP contribution in [0.5, 0.6) is 0 Å². The van der Waals surface area contributed by atoms with Gasteiger partial charge in [0, 0.05) is 11.8 Å². The number of nitrogens with zero attached hydrogens (tertiary/aromatic N) is 1. The van der Waals surface area contributed by atoms with Crippen LogP contribution >= 0.6 is 0 Å². The Hall–Kier alpha value is -1.84. The number of allylic oxidation sites excluding steroid dienone is 1. The molecule has 0 unspecified atom stereocenters. The van der Waals surface area contributed by atoms with Crippen molar-refractivity contribution in [3.8, 4) is 0 Å². The van der Waals surface area contributed by atoms with Gasteiger partial charge in [-0.3, -0.25) is 0 Å². The van der Waals surface area contributed by atoms with E-state index in [1.54, 1.807) is 6.20 Å². The predicted octanol–water partition coefficient (Wildman–Crippen LogP) is 1.08. The smallest absolute Gasteiger partial charge is 0.336 e. The van der Waals surface area contributed by atoms with Gasteiger partial charge in [0.05, 0.1) is 5.57 Å². The second kappa shape index (κ2) is 2.83. The average Bonchev–Trinajstić information content (AvgIpc) is 2.42. The molecule has 72 valence electrons. The van der Waals surface area contributed by atoms with Crippen molar-refractivity contribution in [2.75, 3.05) is 5.73 Å². The lowest BCUT2D eigenvalue weighted by Crippen LogP contribution is -2.03. The standard InChI is InChI=1S/C10H10N2O2/c1-5-4-6-2-3-12-9(11)8(6)7(5)10(13)14/h2-3H,4H2,1H3,(H2,11,12)(H,13,14). The monoisotopic (exact) mass is 190 g/mol. The molecular weight excluding hydrogens is 180 g/mol. The topological polar surface area (TPSA) is 76.2 Å². The van der Waals surface area contributed by atoms with Crippen LogP contribution in [0.4, 0.5) is 5.82 Å². The normalized spacial score (nSPS) is 14.4. The quantitative estimate of drug-likeness (QED) is 0.694. The molecule has 4 nitrogen and oxygen atoms in total. The number of aromatic nitrogens is 1. The van der Waals surface area contributed by atoms with E-state index >= 15 is 0 Å². The average molecular weight is 190 g/mol. The lowest BCUT2D eigenvalue weighted by Gasteiger charge is -2.03. The molecule has 0 saturated heterocycles. The fourth-order valence-corrected chi connectivity index (χ4v) is 1.83. The molecule has 0 saturated carbocycles. The van der Waals surface area contributed by atoms with E-state index in [9.17, 15) is 4.79 Å². The lowest BCUT2D eigenvalue weighted by atomic mass is 10.1. The summed E-state index contributed by atoms with van der Waals surface area (Å²) in [5.74, 6) is -0.627. The summed E-state index contributed by atoms with van der Waals surface area (Å²) in [5, 5.41) is 9.01. The van der Waals surface area contributed by atoms with Crippen LogP contribution in [0.2, 0.25) is 0 Å². The highest BCUT2D eigenvalue weighted by molar-refractivity contribution is 6.19. The molecule has 2 rings (SSSR count). The molecule has 0 amide bonds. The van der Waals surface area contributed by atoms with Gasteiger partial charge in [-0.05, 0) is 25.0 Å². The molecule has 3 N–H and O–H groups in total. The maximum Gasteiger partial charge on any atom is 0.336 e. The number of hydrogen-bond acceptors (Lipinski definition) is 3. The Morgan fingerprint density at radius 1 is 1.64 bits per heavy atom. The maximum atomic E-state index is 11.0. The van der Waals surface area contributed by atoms with Crippen LogP contribution in [-0.4, -0.2) is 16.1 Å². The molecule has 1 aromatic rings. The SMILES string of the molecule is CC1=C(C(=O)O)c2c(ccnc2N)C1. The van der Waals surface area contributed by atoms with Gasteiger partial charge in [-0.25, -0.2) is 9.78 Å². The summed E-state index contributed by atoms with van der Waals surface area (Å²) in [6.07, 6.45) is 2.26. The second-order valence-corrected chi connectivity index (χ2v) is 3.37. The Kier molecular flexibility index (Phi) is 1.77. The number of fused-ring (bicyclic) bond motifs is 1. The molecule has 1 aromatic heterocycles. The highest BCUT2D eigenvalue weighted by Gasteiger charge is 2.26. The van der Waals surface area contributed by atoms with E-state index < -0.39 is 5.97 Å². The van der Waals surface area contributed by atoms with Gasteiger partial charge < -0.3 is 10.8 Å². The van der Waals surface area contributed by atoms with E-state index in [-0.39, 0.29) is 0 Å². The summed E-state index contributed by atoms with van der Waals surface area (Å²) in [6, 6.07) is 1.81. The number of anilines is 1. The van der Waals surface area contributed by atoms with Gasteiger partial charge in [0.2, 0.25) is 0 Å².